The van der Waals surface area contributed by atoms with Crippen LogP contribution in [-0.2, 0) is 4.74 Å². The first-order valence-corrected chi connectivity index (χ1v) is 9.29. The third-order valence-electron chi connectivity index (χ3n) is 4.56. The molecule has 3 aromatic rings. The lowest BCUT2D eigenvalue weighted by atomic mass is 10.1. The van der Waals surface area contributed by atoms with Crippen LogP contribution < -0.4 is 10.2 Å². The Labute approximate surface area is 170 Å². The molecule has 1 unspecified atom stereocenters. The van der Waals surface area contributed by atoms with Crippen molar-refractivity contribution in [2.24, 2.45) is 0 Å². The van der Waals surface area contributed by atoms with Crippen molar-refractivity contribution in [2.45, 2.75) is 13.0 Å². The highest BCUT2D eigenvalue weighted by molar-refractivity contribution is 5.89. The predicted molar refractivity (Wildman–Crippen MR) is 106 cm³/mol. The molecule has 0 aliphatic carbocycles. The number of hydrogen-bond acceptors (Lipinski definition) is 8. The molecule has 2 aromatic heterocycles. The van der Waals surface area contributed by atoms with Gasteiger partial charge in [0.25, 0.3) is 0 Å². The summed E-state index contributed by atoms with van der Waals surface area (Å²) in [4.78, 5) is 20.9. The lowest BCUT2D eigenvalue weighted by Gasteiger charge is -2.31. The molecule has 1 N–H and O–H groups in total. The van der Waals surface area contributed by atoms with Gasteiger partial charge < -0.3 is 15.0 Å². The summed E-state index contributed by atoms with van der Waals surface area (Å²) < 4.78 is 32.4. The van der Waals surface area contributed by atoms with Crippen molar-refractivity contribution in [1.29, 1.82) is 0 Å². The Morgan fingerprint density at radius 2 is 1.97 bits per heavy atom. The quantitative estimate of drug-likeness (QED) is 0.505. The van der Waals surface area contributed by atoms with Crippen molar-refractivity contribution in [1.82, 2.24) is 20.2 Å². The number of aromatic nitrogens is 4. The molecule has 1 atom stereocenters. The summed E-state index contributed by atoms with van der Waals surface area (Å²) in [5.41, 5.74) is 1.37. The van der Waals surface area contributed by atoms with E-state index in [1.165, 1.54) is 24.4 Å². The average molecular weight is 412 g/mol. The van der Waals surface area contributed by atoms with Crippen molar-refractivity contribution in [3.05, 3.63) is 54.1 Å². The molecule has 1 aliphatic heterocycles. The van der Waals surface area contributed by atoms with Crippen LogP contribution in [0.25, 0.3) is 11.1 Å². The van der Waals surface area contributed by atoms with E-state index in [4.69, 9.17) is 4.74 Å². The number of anilines is 3. The summed E-state index contributed by atoms with van der Waals surface area (Å²) in [7, 11) is 0. The minimum absolute atomic E-state index is 0.00338. The highest BCUT2D eigenvalue weighted by atomic mass is 19.1. The van der Waals surface area contributed by atoms with Gasteiger partial charge in [-0.2, -0.15) is 23.8 Å². The zero-order chi connectivity index (χ0) is 21.1. The van der Waals surface area contributed by atoms with E-state index in [9.17, 15) is 13.6 Å². The van der Waals surface area contributed by atoms with Gasteiger partial charge in [-0.3, -0.25) is 4.79 Å². The number of rotatable bonds is 5. The second-order valence-corrected chi connectivity index (χ2v) is 6.81. The first-order chi connectivity index (χ1) is 14.5. The Morgan fingerprint density at radius 3 is 2.70 bits per heavy atom. The monoisotopic (exact) mass is 412 g/mol. The molecule has 0 radical (unpaired) electrons. The van der Waals surface area contributed by atoms with E-state index >= 15 is 0 Å². The van der Waals surface area contributed by atoms with Crippen LogP contribution in [0, 0.1) is 5.95 Å². The molecule has 4 rings (SSSR count). The molecule has 1 aliphatic rings. The topological polar surface area (TPSA) is 93.1 Å². The van der Waals surface area contributed by atoms with Crippen LogP contribution in [0.4, 0.5) is 26.4 Å². The summed E-state index contributed by atoms with van der Waals surface area (Å²) in [5.74, 6) is 0.180. The Hall–Kier alpha value is -3.53. The summed E-state index contributed by atoms with van der Waals surface area (Å²) >= 11 is 0. The van der Waals surface area contributed by atoms with Crippen molar-refractivity contribution in [3.63, 3.8) is 0 Å². The molecule has 3 heterocycles. The molecule has 30 heavy (non-hydrogen) atoms. The number of carbonyl (C=O) groups is 1. The second-order valence-electron chi connectivity index (χ2n) is 6.81. The van der Waals surface area contributed by atoms with E-state index in [-0.39, 0.29) is 23.4 Å². The summed E-state index contributed by atoms with van der Waals surface area (Å²) in [6.07, 6.45) is 1.53. The molecule has 0 saturated carbocycles. The first-order valence-electron chi connectivity index (χ1n) is 9.29. The number of nitrogens with zero attached hydrogens (tertiary/aromatic N) is 5. The highest BCUT2D eigenvalue weighted by Gasteiger charge is 2.20. The Morgan fingerprint density at radius 1 is 1.17 bits per heavy atom. The van der Waals surface area contributed by atoms with Gasteiger partial charge in [-0.1, -0.05) is 12.1 Å². The molecule has 0 amide bonds. The van der Waals surface area contributed by atoms with Gasteiger partial charge in [0.05, 0.1) is 24.5 Å². The molecule has 0 spiro atoms. The van der Waals surface area contributed by atoms with E-state index in [2.05, 4.69) is 25.5 Å². The second kappa shape index (κ2) is 8.46. The van der Waals surface area contributed by atoms with Crippen molar-refractivity contribution < 1.29 is 18.3 Å². The molecular formula is C20H18F2N6O2. The number of hydrogen-bond donors (Lipinski definition) is 1. The van der Waals surface area contributed by atoms with E-state index in [1.54, 1.807) is 18.2 Å². The number of halogens is 2. The van der Waals surface area contributed by atoms with E-state index in [0.29, 0.717) is 31.1 Å². The number of ether oxygens (including phenoxy) is 1. The predicted octanol–water partition coefficient (Wildman–Crippen LogP) is 3.15. The third kappa shape index (κ3) is 4.54. The highest BCUT2D eigenvalue weighted by Crippen LogP contribution is 2.23. The van der Waals surface area contributed by atoms with Gasteiger partial charge in [-0.15, -0.1) is 5.10 Å². The first kappa shape index (κ1) is 19.8. The van der Waals surface area contributed by atoms with Gasteiger partial charge in [0, 0.05) is 24.7 Å². The summed E-state index contributed by atoms with van der Waals surface area (Å²) in [6, 6.07) is 7.36. The van der Waals surface area contributed by atoms with Gasteiger partial charge in [0.1, 0.15) is 5.82 Å². The van der Waals surface area contributed by atoms with Crippen LogP contribution in [-0.4, -0.2) is 52.0 Å². The van der Waals surface area contributed by atoms with Gasteiger partial charge in [0.15, 0.2) is 5.82 Å². The minimum Gasteiger partial charge on any atom is -0.375 e. The number of carbonyl (C=O) groups excluding carboxylic acids is 1. The SMILES string of the molecule is CC1CN(c2nc(F)cc(Nc3cc(-c4ccc(C(=O)F)cc4)cnn3)n2)CCO1. The largest absolute Gasteiger partial charge is 0.375 e. The van der Waals surface area contributed by atoms with Crippen LogP contribution in [0.2, 0.25) is 0 Å². The Balaban J connectivity index is 1.56. The Bertz CT molecular complexity index is 1060. The van der Waals surface area contributed by atoms with Gasteiger partial charge >= 0.3 is 6.04 Å². The third-order valence-corrected chi connectivity index (χ3v) is 4.56. The van der Waals surface area contributed by atoms with Gasteiger partial charge in [0.2, 0.25) is 11.9 Å². The van der Waals surface area contributed by atoms with Gasteiger partial charge in [-0.25, -0.2) is 0 Å². The number of morpholine rings is 1. The molecular weight excluding hydrogens is 394 g/mol. The average Bonchev–Trinajstić information content (AvgIpc) is 2.73. The molecule has 10 heteroatoms. The summed E-state index contributed by atoms with van der Waals surface area (Å²) in [5, 5.41) is 10.9. The lowest BCUT2D eigenvalue weighted by molar-refractivity contribution is 0.0526. The molecule has 154 valence electrons. The van der Waals surface area contributed by atoms with Crippen molar-refractivity contribution in [3.8, 4) is 11.1 Å². The van der Waals surface area contributed by atoms with E-state index < -0.39 is 12.0 Å². The molecule has 1 fully saturated rings. The molecule has 8 nitrogen and oxygen atoms in total. The smallest absolute Gasteiger partial charge is 0.332 e. The Kier molecular flexibility index (Phi) is 5.57. The maximum atomic E-state index is 14.1. The van der Waals surface area contributed by atoms with E-state index in [0.717, 1.165) is 5.56 Å². The normalized spacial score (nSPS) is 16.4. The van der Waals surface area contributed by atoms with Crippen LogP contribution in [0.1, 0.15) is 17.3 Å². The fraction of sp³-hybridized carbons (Fsp3) is 0.250. The molecule has 0 bridgehead atoms. The lowest BCUT2D eigenvalue weighted by Crippen LogP contribution is -2.42. The number of nitrogens with one attached hydrogen (secondary N) is 1. The zero-order valence-electron chi connectivity index (χ0n) is 16.0. The maximum Gasteiger partial charge on any atom is 0.332 e. The minimum atomic E-state index is -1.49. The fourth-order valence-electron chi connectivity index (χ4n) is 3.12. The van der Waals surface area contributed by atoms with Crippen LogP contribution in [0.3, 0.4) is 0 Å². The molecule has 1 aromatic carbocycles. The van der Waals surface area contributed by atoms with Crippen molar-refractivity contribution in [2.75, 3.05) is 29.9 Å². The van der Waals surface area contributed by atoms with E-state index in [1.807, 2.05) is 11.8 Å². The van der Waals surface area contributed by atoms with Crippen LogP contribution in [0.5, 0.6) is 0 Å². The summed E-state index contributed by atoms with van der Waals surface area (Å²) in [6.45, 7) is 3.58. The fourth-order valence-corrected chi connectivity index (χ4v) is 3.12. The zero-order valence-corrected chi connectivity index (χ0v) is 16.0. The van der Waals surface area contributed by atoms with Gasteiger partial charge in [-0.05, 0) is 30.7 Å². The number of benzene rings is 1. The maximum absolute atomic E-state index is 14.1. The van der Waals surface area contributed by atoms with Crippen LogP contribution in [0.15, 0.2) is 42.6 Å². The van der Waals surface area contributed by atoms with Crippen LogP contribution >= 0.6 is 0 Å². The van der Waals surface area contributed by atoms with Crippen molar-refractivity contribution >= 4 is 23.6 Å². The molecule has 1 saturated heterocycles. The standard InChI is InChI=1S/C20H18F2N6O2/c1-12-11-28(6-7-30-12)20-24-16(21)9-17(26-20)25-18-8-15(10-23-27-18)13-2-4-14(5-3-13)19(22)29/h2-5,8-10,12H,6-7,11H2,1H3,(H,24,25,26,27).